The van der Waals surface area contributed by atoms with Crippen molar-refractivity contribution in [1.82, 2.24) is 4.90 Å². The zero-order chi connectivity index (χ0) is 13.8. The Balaban J connectivity index is 1.90. The highest BCUT2D eigenvalue weighted by atomic mass is 79.9. The van der Waals surface area contributed by atoms with Gasteiger partial charge in [-0.25, -0.2) is 0 Å². The molecular formula is C13H18BrNO2S2. The van der Waals surface area contributed by atoms with Crippen molar-refractivity contribution in [3.63, 3.8) is 0 Å². The second-order valence-electron chi connectivity index (χ2n) is 4.67. The zero-order valence-corrected chi connectivity index (χ0v) is 14.3. The maximum absolute atomic E-state index is 12.0. The van der Waals surface area contributed by atoms with Gasteiger partial charge in [0, 0.05) is 18.0 Å². The minimum Gasteiger partial charge on any atom is -0.379 e. The van der Waals surface area contributed by atoms with Crippen LogP contribution >= 0.6 is 39.0 Å². The topological polar surface area (TPSA) is 29.5 Å². The van der Waals surface area contributed by atoms with Gasteiger partial charge >= 0.3 is 0 Å². The van der Waals surface area contributed by atoms with Gasteiger partial charge in [0.2, 0.25) is 5.91 Å². The van der Waals surface area contributed by atoms with Crippen LogP contribution in [0.25, 0.3) is 0 Å². The number of carbonyl (C=O) groups excluding carboxylic acids is 1. The van der Waals surface area contributed by atoms with Crippen LogP contribution in [0.1, 0.15) is 30.5 Å². The molecule has 0 radical (unpaired) electrons. The highest BCUT2D eigenvalue weighted by Gasteiger charge is 2.33. The van der Waals surface area contributed by atoms with Gasteiger partial charge in [-0.1, -0.05) is 0 Å². The van der Waals surface area contributed by atoms with Crippen LogP contribution in [0.5, 0.6) is 0 Å². The molecule has 106 valence electrons. The normalized spacial score (nSPS) is 19.7. The fourth-order valence-electron chi connectivity index (χ4n) is 1.95. The van der Waals surface area contributed by atoms with E-state index < -0.39 is 0 Å². The summed E-state index contributed by atoms with van der Waals surface area (Å²) in [6, 6.07) is 4.14. The van der Waals surface area contributed by atoms with Crippen molar-refractivity contribution in [1.29, 1.82) is 0 Å². The van der Waals surface area contributed by atoms with Gasteiger partial charge in [-0.15, -0.1) is 23.1 Å². The van der Waals surface area contributed by atoms with Crippen molar-refractivity contribution < 1.29 is 9.53 Å². The fourth-order valence-corrected chi connectivity index (χ4v) is 4.83. The number of thiophene rings is 1. The third kappa shape index (κ3) is 4.21. The van der Waals surface area contributed by atoms with Crippen LogP contribution in [0.4, 0.5) is 0 Å². The van der Waals surface area contributed by atoms with E-state index in [4.69, 9.17) is 4.74 Å². The van der Waals surface area contributed by atoms with Crippen LogP contribution in [0, 0.1) is 0 Å². The largest absolute Gasteiger partial charge is 0.379 e. The van der Waals surface area contributed by atoms with Gasteiger partial charge in [-0.05, 0) is 48.3 Å². The lowest BCUT2D eigenvalue weighted by Crippen LogP contribution is -2.29. The molecule has 1 aromatic heterocycles. The van der Waals surface area contributed by atoms with Gasteiger partial charge in [-0.2, -0.15) is 0 Å². The number of nitrogens with zero attached hydrogens (tertiary/aromatic N) is 1. The smallest absolute Gasteiger partial charge is 0.233 e. The Morgan fingerprint density at radius 3 is 2.95 bits per heavy atom. The molecular weight excluding hydrogens is 346 g/mol. The Kier molecular flexibility index (Phi) is 5.74. The summed E-state index contributed by atoms with van der Waals surface area (Å²) >= 11 is 6.90. The maximum atomic E-state index is 12.0. The van der Waals surface area contributed by atoms with Gasteiger partial charge in [0.25, 0.3) is 0 Å². The van der Waals surface area contributed by atoms with E-state index in [1.54, 1.807) is 23.1 Å². The molecule has 1 atom stereocenters. The molecule has 1 fully saturated rings. The van der Waals surface area contributed by atoms with E-state index in [1.165, 1.54) is 4.88 Å². The fraction of sp³-hybridized carbons (Fsp3) is 0.615. The minimum absolute atomic E-state index is 0.183. The molecule has 1 aliphatic heterocycles. The number of hydrogen-bond donors (Lipinski definition) is 0. The molecule has 0 bridgehead atoms. The average Bonchev–Trinajstić information content (AvgIpc) is 2.91. The monoisotopic (exact) mass is 363 g/mol. The molecule has 2 rings (SSSR count). The van der Waals surface area contributed by atoms with Crippen LogP contribution in [0.3, 0.4) is 0 Å². The van der Waals surface area contributed by atoms with Crippen LogP contribution in [-0.2, 0) is 9.53 Å². The molecule has 2 heterocycles. The molecule has 1 aromatic rings. The Bertz CT molecular complexity index is 436. The molecule has 1 aliphatic rings. The summed E-state index contributed by atoms with van der Waals surface area (Å²) in [6.45, 7) is 5.55. The highest BCUT2D eigenvalue weighted by molar-refractivity contribution is 9.11. The molecule has 1 saturated heterocycles. The molecule has 0 aromatic carbocycles. The lowest BCUT2D eigenvalue weighted by Gasteiger charge is -2.23. The number of halogens is 1. The maximum Gasteiger partial charge on any atom is 0.233 e. The first-order valence-electron chi connectivity index (χ1n) is 6.36. The summed E-state index contributed by atoms with van der Waals surface area (Å²) in [5, 5.41) is 0.183. The summed E-state index contributed by atoms with van der Waals surface area (Å²) in [7, 11) is 0. The predicted molar refractivity (Wildman–Crippen MR) is 84.6 cm³/mol. The zero-order valence-electron chi connectivity index (χ0n) is 11.1. The van der Waals surface area contributed by atoms with Gasteiger partial charge in [0.05, 0.1) is 15.6 Å². The molecule has 0 N–H and O–H groups in total. The van der Waals surface area contributed by atoms with Crippen LogP contribution in [0.2, 0.25) is 0 Å². The third-order valence-corrected chi connectivity index (χ3v) is 5.86. The SMILES string of the molecule is CC(C)OCCCN1C(=O)CSC1c1ccc(Br)s1. The Morgan fingerprint density at radius 2 is 2.32 bits per heavy atom. The first kappa shape index (κ1) is 15.4. The van der Waals surface area contributed by atoms with E-state index in [0.29, 0.717) is 12.4 Å². The van der Waals surface area contributed by atoms with Crippen molar-refractivity contribution in [2.75, 3.05) is 18.9 Å². The van der Waals surface area contributed by atoms with E-state index in [2.05, 4.69) is 22.0 Å². The molecule has 0 spiro atoms. The van der Waals surface area contributed by atoms with Crippen molar-refractivity contribution in [3.05, 3.63) is 20.8 Å². The standard InChI is InChI=1S/C13H18BrNO2S2/c1-9(2)17-7-3-6-15-12(16)8-18-13(15)10-4-5-11(14)19-10/h4-5,9,13H,3,6-8H2,1-2H3. The van der Waals surface area contributed by atoms with E-state index in [1.807, 2.05) is 24.8 Å². The number of thioether (sulfide) groups is 1. The quantitative estimate of drug-likeness (QED) is 0.717. The average molecular weight is 364 g/mol. The first-order valence-corrected chi connectivity index (χ1v) is 9.01. The molecule has 1 unspecified atom stereocenters. The summed E-state index contributed by atoms with van der Waals surface area (Å²) in [5.74, 6) is 0.828. The number of ether oxygens (including phenoxy) is 1. The minimum atomic E-state index is 0.183. The number of rotatable bonds is 6. The molecule has 19 heavy (non-hydrogen) atoms. The third-order valence-electron chi connectivity index (χ3n) is 2.80. The molecule has 0 saturated carbocycles. The van der Waals surface area contributed by atoms with Gasteiger partial charge in [-0.3, -0.25) is 4.79 Å². The van der Waals surface area contributed by atoms with Gasteiger partial charge in [0.15, 0.2) is 0 Å². The molecule has 0 aliphatic carbocycles. The molecule has 6 heteroatoms. The van der Waals surface area contributed by atoms with Gasteiger partial charge in [0.1, 0.15) is 5.37 Å². The van der Waals surface area contributed by atoms with Crippen molar-refractivity contribution in [3.8, 4) is 0 Å². The summed E-state index contributed by atoms with van der Waals surface area (Å²) < 4.78 is 6.65. The van der Waals surface area contributed by atoms with Crippen LogP contribution < -0.4 is 0 Å². The first-order chi connectivity index (χ1) is 9.08. The molecule has 3 nitrogen and oxygen atoms in total. The Morgan fingerprint density at radius 1 is 1.53 bits per heavy atom. The summed E-state index contributed by atoms with van der Waals surface area (Å²) in [5.41, 5.74) is 0. The lowest BCUT2D eigenvalue weighted by atomic mass is 10.3. The lowest BCUT2D eigenvalue weighted by molar-refractivity contribution is -0.128. The number of carbonyl (C=O) groups is 1. The number of hydrogen-bond acceptors (Lipinski definition) is 4. The summed E-state index contributed by atoms with van der Waals surface area (Å²) in [4.78, 5) is 15.2. The van der Waals surface area contributed by atoms with Crippen molar-refractivity contribution in [2.45, 2.75) is 31.7 Å². The van der Waals surface area contributed by atoms with Crippen LogP contribution in [-0.4, -0.2) is 35.8 Å². The Labute approximate surface area is 130 Å². The van der Waals surface area contributed by atoms with E-state index in [0.717, 1.165) is 16.8 Å². The summed E-state index contributed by atoms with van der Waals surface area (Å²) in [6.07, 6.45) is 1.15. The Hall–Kier alpha value is -0.0400. The van der Waals surface area contributed by atoms with Crippen molar-refractivity contribution >= 4 is 44.9 Å². The second kappa shape index (κ2) is 7.11. The second-order valence-corrected chi connectivity index (χ2v) is 8.23. The predicted octanol–water partition coefficient (Wildman–Crippen LogP) is 3.90. The van der Waals surface area contributed by atoms with Gasteiger partial charge < -0.3 is 9.64 Å². The van der Waals surface area contributed by atoms with E-state index in [-0.39, 0.29) is 17.4 Å². The van der Waals surface area contributed by atoms with Crippen molar-refractivity contribution in [2.24, 2.45) is 0 Å². The van der Waals surface area contributed by atoms with E-state index in [9.17, 15) is 4.79 Å². The highest BCUT2D eigenvalue weighted by Crippen LogP contribution is 2.42. The molecule has 1 amide bonds. The van der Waals surface area contributed by atoms with Crippen LogP contribution in [0.15, 0.2) is 15.9 Å². The number of amides is 1. The van der Waals surface area contributed by atoms with E-state index >= 15 is 0 Å².